The lowest BCUT2D eigenvalue weighted by atomic mass is 9.87. The molecular formula is C22H31N2O5PS2. The van der Waals surface area contributed by atoms with Gasteiger partial charge in [0.2, 0.25) is 14.3 Å². The van der Waals surface area contributed by atoms with Crippen molar-refractivity contribution in [2.75, 3.05) is 24.8 Å². The summed E-state index contributed by atoms with van der Waals surface area (Å²) in [7, 11) is -4.54. The van der Waals surface area contributed by atoms with Crippen molar-refractivity contribution in [2.45, 2.75) is 56.8 Å². The number of sulfone groups is 1. The van der Waals surface area contributed by atoms with Gasteiger partial charge in [-0.15, -0.1) is 11.3 Å². The van der Waals surface area contributed by atoms with Crippen LogP contribution in [0.15, 0.2) is 34.5 Å². The number of carbonyl (C=O) groups excluding carboxylic acids is 1. The van der Waals surface area contributed by atoms with Crippen LogP contribution in [-0.4, -0.2) is 38.8 Å². The fraction of sp³-hybridized carbons (Fsp3) is 0.545. The molecule has 176 valence electrons. The Morgan fingerprint density at radius 2 is 1.81 bits per heavy atom. The Balaban J connectivity index is 1.78. The standard InChI is InChI=1S/C22H31N2O5PS2/c1-4-28-30(29-5-2)20-15-31-22(23-20)24-21(25)19(14-16-8-6-7-9-16)17-10-12-18(13-11-17)32(3,26)27/h10-13,15-16,19H,4-9,14H2,1-3H3,(H,23,24,25)/t19-/m1/s1. The van der Waals surface area contributed by atoms with Gasteiger partial charge >= 0.3 is 0 Å². The molecule has 0 unspecified atom stereocenters. The summed E-state index contributed by atoms with van der Waals surface area (Å²) in [5.41, 5.74) is 1.53. The van der Waals surface area contributed by atoms with Crippen molar-refractivity contribution >= 4 is 46.0 Å². The third-order valence-corrected chi connectivity index (χ3v) is 9.12. The predicted octanol–water partition coefficient (Wildman–Crippen LogP) is 4.86. The Morgan fingerprint density at radius 1 is 1.19 bits per heavy atom. The van der Waals surface area contributed by atoms with Gasteiger partial charge in [0.05, 0.1) is 24.0 Å². The second-order valence-corrected chi connectivity index (χ2v) is 12.2. The highest BCUT2D eigenvalue weighted by Gasteiger charge is 2.28. The highest BCUT2D eigenvalue weighted by molar-refractivity contribution is 7.90. The Bertz CT molecular complexity index is 982. The first kappa shape index (κ1) is 25.2. The molecular weight excluding hydrogens is 467 g/mol. The third-order valence-electron chi connectivity index (χ3n) is 5.47. The highest BCUT2D eigenvalue weighted by atomic mass is 32.2. The third kappa shape index (κ3) is 6.81. The second-order valence-electron chi connectivity index (χ2n) is 7.87. The minimum atomic E-state index is -3.28. The van der Waals surface area contributed by atoms with Crippen LogP contribution in [0.25, 0.3) is 0 Å². The Hall–Kier alpha value is -1.38. The van der Waals surface area contributed by atoms with Crippen LogP contribution in [0.2, 0.25) is 0 Å². The van der Waals surface area contributed by atoms with Gasteiger partial charge in [-0.2, -0.15) is 0 Å². The Kier molecular flexibility index (Phi) is 9.20. The van der Waals surface area contributed by atoms with Crippen molar-refractivity contribution < 1.29 is 22.3 Å². The molecule has 1 aromatic heterocycles. The van der Waals surface area contributed by atoms with Crippen molar-refractivity contribution in [1.29, 1.82) is 0 Å². The molecule has 1 saturated carbocycles. The number of rotatable bonds is 11. The van der Waals surface area contributed by atoms with E-state index in [1.54, 1.807) is 24.3 Å². The summed E-state index contributed by atoms with van der Waals surface area (Å²) in [5, 5.41) is 5.34. The smallest absolute Gasteiger partial charge is 0.233 e. The maximum atomic E-state index is 13.3. The molecule has 0 bridgehead atoms. The van der Waals surface area contributed by atoms with Gasteiger partial charge in [0.25, 0.3) is 0 Å². The zero-order chi connectivity index (χ0) is 23.1. The number of aromatic nitrogens is 1. The van der Waals surface area contributed by atoms with Crippen molar-refractivity contribution in [3.63, 3.8) is 0 Å². The SMILES string of the molecule is CCOP(OCC)c1csc(NC(=O)[C@H](CC2CCCC2)c2ccc(S(C)(=O)=O)cc2)n1. The van der Waals surface area contributed by atoms with E-state index in [4.69, 9.17) is 9.05 Å². The van der Waals surface area contributed by atoms with Crippen LogP contribution in [0.1, 0.15) is 57.4 Å². The average Bonchev–Trinajstić information content (AvgIpc) is 3.43. The normalized spacial score (nSPS) is 15.9. The minimum Gasteiger partial charge on any atom is -0.330 e. The summed E-state index contributed by atoms with van der Waals surface area (Å²) in [4.78, 5) is 18.1. The van der Waals surface area contributed by atoms with Crippen LogP contribution in [-0.2, 0) is 23.7 Å². The van der Waals surface area contributed by atoms with Gasteiger partial charge < -0.3 is 14.4 Å². The van der Waals surface area contributed by atoms with Crippen LogP contribution >= 0.6 is 19.7 Å². The molecule has 1 N–H and O–H groups in total. The van der Waals surface area contributed by atoms with Gasteiger partial charge in [-0.25, -0.2) is 13.4 Å². The molecule has 1 aliphatic carbocycles. The molecule has 1 aliphatic rings. The molecule has 1 heterocycles. The van der Waals surface area contributed by atoms with E-state index >= 15 is 0 Å². The minimum absolute atomic E-state index is 0.123. The van der Waals surface area contributed by atoms with E-state index in [1.807, 2.05) is 19.2 Å². The number of amides is 1. The Labute approximate surface area is 195 Å². The monoisotopic (exact) mass is 498 g/mol. The number of nitrogens with zero attached hydrogens (tertiary/aromatic N) is 1. The van der Waals surface area contributed by atoms with Crippen molar-refractivity contribution in [1.82, 2.24) is 4.98 Å². The molecule has 1 fully saturated rings. The van der Waals surface area contributed by atoms with Gasteiger partial charge in [-0.1, -0.05) is 37.8 Å². The van der Waals surface area contributed by atoms with Crippen LogP contribution in [0, 0.1) is 5.92 Å². The molecule has 1 amide bonds. The van der Waals surface area contributed by atoms with E-state index in [1.165, 1.54) is 30.4 Å². The lowest BCUT2D eigenvalue weighted by molar-refractivity contribution is -0.118. The fourth-order valence-electron chi connectivity index (χ4n) is 3.92. The molecule has 10 heteroatoms. The fourth-order valence-corrected chi connectivity index (χ4v) is 6.69. The summed E-state index contributed by atoms with van der Waals surface area (Å²) in [6.45, 7) is 4.87. The first-order valence-corrected chi connectivity index (χ1v) is 14.9. The van der Waals surface area contributed by atoms with Crippen LogP contribution in [0.4, 0.5) is 5.13 Å². The quantitative estimate of drug-likeness (QED) is 0.445. The lowest BCUT2D eigenvalue weighted by Gasteiger charge is -2.20. The molecule has 0 aliphatic heterocycles. The number of carbonyl (C=O) groups is 1. The number of benzene rings is 1. The first-order valence-electron chi connectivity index (χ1n) is 10.9. The number of thiazole rings is 1. The van der Waals surface area contributed by atoms with Gasteiger partial charge in [-0.05, 0) is 43.9 Å². The first-order chi connectivity index (χ1) is 15.3. The lowest BCUT2D eigenvalue weighted by Crippen LogP contribution is -2.23. The van der Waals surface area contributed by atoms with E-state index < -0.39 is 18.2 Å². The molecule has 7 nitrogen and oxygen atoms in total. The van der Waals surface area contributed by atoms with E-state index in [-0.39, 0.29) is 16.7 Å². The van der Waals surface area contributed by atoms with Gasteiger partial charge in [0, 0.05) is 11.6 Å². The molecule has 32 heavy (non-hydrogen) atoms. The molecule has 0 radical (unpaired) electrons. The maximum absolute atomic E-state index is 13.3. The van der Waals surface area contributed by atoms with E-state index in [2.05, 4.69) is 10.3 Å². The number of nitrogens with one attached hydrogen (secondary N) is 1. The molecule has 2 aromatic rings. The van der Waals surface area contributed by atoms with Crippen LogP contribution in [0.5, 0.6) is 0 Å². The Morgan fingerprint density at radius 3 is 2.38 bits per heavy atom. The summed E-state index contributed by atoms with van der Waals surface area (Å²) < 4.78 is 34.9. The van der Waals surface area contributed by atoms with Crippen LogP contribution in [0.3, 0.4) is 0 Å². The number of hydrogen-bond donors (Lipinski definition) is 1. The zero-order valence-electron chi connectivity index (χ0n) is 18.7. The second kappa shape index (κ2) is 11.7. The summed E-state index contributed by atoms with van der Waals surface area (Å²) in [6, 6.07) is 6.68. The van der Waals surface area contributed by atoms with Gasteiger partial charge in [-0.3, -0.25) is 4.79 Å². The molecule has 1 aromatic carbocycles. The number of anilines is 1. The predicted molar refractivity (Wildman–Crippen MR) is 129 cm³/mol. The topological polar surface area (TPSA) is 94.6 Å². The van der Waals surface area contributed by atoms with E-state index in [0.29, 0.717) is 29.7 Å². The summed E-state index contributed by atoms with van der Waals surface area (Å²) in [6.07, 6.45) is 6.57. The zero-order valence-corrected chi connectivity index (χ0v) is 21.3. The van der Waals surface area contributed by atoms with Crippen LogP contribution < -0.4 is 10.8 Å². The molecule has 1 atom stereocenters. The highest BCUT2D eigenvalue weighted by Crippen LogP contribution is 2.38. The molecule has 0 saturated heterocycles. The van der Waals surface area contributed by atoms with Gasteiger partial charge in [0.1, 0.15) is 5.44 Å². The summed E-state index contributed by atoms with van der Waals surface area (Å²) in [5.74, 6) is 0.0114. The largest absolute Gasteiger partial charge is 0.330 e. The van der Waals surface area contributed by atoms with E-state index in [0.717, 1.165) is 24.8 Å². The maximum Gasteiger partial charge on any atom is 0.233 e. The average molecular weight is 499 g/mol. The summed E-state index contributed by atoms with van der Waals surface area (Å²) >= 11 is 1.35. The van der Waals surface area contributed by atoms with Crippen molar-refractivity contribution in [3.05, 3.63) is 35.2 Å². The van der Waals surface area contributed by atoms with Gasteiger partial charge in [0.15, 0.2) is 15.0 Å². The van der Waals surface area contributed by atoms with E-state index in [9.17, 15) is 13.2 Å². The van der Waals surface area contributed by atoms with Crippen molar-refractivity contribution in [2.24, 2.45) is 5.92 Å². The van der Waals surface area contributed by atoms with Crippen molar-refractivity contribution in [3.8, 4) is 0 Å². The number of hydrogen-bond acceptors (Lipinski definition) is 7. The molecule has 0 spiro atoms. The molecule has 3 rings (SSSR count).